The second-order valence-corrected chi connectivity index (χ2v) is 7.33. The van der Waals surface area contributed by atoms with Gasteiger partial charge in [-0.3, -0.25) is 0 Å². The standard InChI is InChI=1S/C22H22N6OS/c1-30-27-21-7-2-16(14-17(21)15-23)20-8-9-24-22(26-20)25-18-3-5-19(6-4-18)28-10-12-29-13-11-28/h2-9,14,27H,10-13H2,1H3,(H,24,25,26). The van der Waals surface area contributed by atoms with Gasteiger partial charge in [0.15, 0.2) is 0 Å². The van der Waals surface area contributed by atoms with Crippen molar-refractivity contribution in [2.24, 2.45) is 0 Å². The third-order valence-corrected chi connectivity index (χ3v) is 5.23. The molecule has 1 aliphatic heterocycles. The SMILES string of the molecule is CSNc1ccc(-c2ccnc(Nc3ccc(N4CCOCC4)cc3)n2)cc1C#N. The molecule has 152 valence electrons. The first kappa shape index (κ1) is 20.0. The average molecular weight is 419 g/mol. The van der Waals surface area contributed by atoms with Gasteiger partial charge in [-0.05, 0) is 42.5 Å². The van der Waals surface area contributed by atoms with E-state index in [0.29, 0.717) is 11.5 Å². The summed E-state index contributed by atoms with van der Waals surface area (Å²) >= 11 is 1.45. The number of nitrogens with zero attached hydrogens (tertiary/aromatic N) is 4. The number of nitrogens with one attached hydrogen (secondary N) is 2. The third-order valence-electron chi connectivity index (χ3n) is 4.80. The van der Waals surface area contributed by atoms with Crippen LogP contribution in [-0.2, 0) is 4.74 Å². The Kier molecular flexibility index (Phi) is 6.32. The Morgan fingerprint density at radius 3 is 2.63 bits per heavy atom. The molecule has 0 spiro atoms. The van der Waals surface area contributed by atoms with Crippen LogP contribution in [-0.4, -0.2) is 42.5 Å². The van der Waals surface area contributed by atoms with E-state index >= 15 is 0 Å². The Labute approximate surface area is 180 Å². The van der Waals surface area contributed by atoms with Gasteiger partial charge in [0.2, 0.25) is 5.95 Å². The highest BCUT2D eigenvalue weighted by Gasteiger charge is 2.11. The normalized spacial score (nSPS) is 13.5. The lowest BCUT2D eigenvalue weighted by Gasteiger charge is -2.28. The molecule has 2 N–H and O–H groups in total. The molecular formula is C22H22N6OS. The molecular weight excluding hydrogens is 396 g/mol. The van der Waals surface area contributed by atoms with E-state index in [0.717, 1.165) is 48.9 Å². The number of morpholine rings is 1. The van der Waals surface area contributed by atoms with E-state index in [1.165, 1.54) is 17.6 Å². The van der Waals surface area contributed by atoms with Crippen molar-refractivity contribution in [2.75, 3.05) is 47.5 Å². The lowest BCUT2D eigenvalue weighted by molar-refractivity contribution is 0.122. The molecule has 1 fully saturated rings. The van der Waals surface area contributed by atoms with E-state index in [1.807, 2.05) is 42.7 Å². The Hall–Kier alpha value is -3.28. The van der Waals surface area contributed by atoms with Crippen LogP contribution in [0.25, 0.3) is 11.3 Å². The summed E-state index contributed by atoms with van der Waals surface area (Å²) in [6, 6.07) is 18.0. The Balaban J connectivity index is 1.50. The van der Waals surface area contributed by atoms with E-state index < -0.39 is 0 Å². The molecule has 0 aliphatic carbocycles. The van der Waals surface area contributed by atoms with Crippen LogP contribution in [0, 0.1) is 11.3 Å². The summed E-state index contributed by atoms with van der Waals surface area (Å²) in [5.74, 6) is 0.511. The lowest BCUT2D eigenvalue weighted by Crippen LogP contribution is -2.36. The van der Waals surface area contributed by atoms with Crippen LogP contribution in [0.1, 0.15) is 5.56 Å². The highest BCUT2D eigenvalue weighted by Crippen LogP contribution is 2.26. The van der Waals surface area contributed by atoms with Crippen molar-refractivity contribution >= 4 is 35.0 Å². The second kappa shape index (κ2) is 9.48. The van der Waals surface area contributed by atoms with E-state index in [2.05, 4.69) is 43.1 Å². The van der Waals surface area contributed by atoms with Gasteiger partial charge in [0.05, 0.1) is 30.2 Å². The first-order chi connectivity index (χ1) is 14.8. The number of hydrogen-bond acceptors (Lipinski definition) is 8. The molecule has 0 bridgehead atoms. The van der Waals surface area contributed by atoms with E-state index in [4.69, 9.17) is 4.74 Å². The predicted molar refractivity (Wildman–Crippen MR) is 122 cm³/mol. The van der Waals surface area contributed by atoms with E-state index in [9.17, 15) is 5.26 Å². The third kappa shape index (κ3) is 4.64. The van der Waals surface area contributed by atoms with Crippen LogP contribution in [0.15, 0.2) is 54.7 Å². The van der Waals surface area contributed by atoms with Gasteiger partial charge in [0, 0.05) is 42.5 Å². The zero-order valence-electron chi connectivity index (χ0n) is 16.6. The molecule has 3 aromatic rings. The number of nitriles is 1. The fourth-order valence-corrected chi connectivity index (χ4v) is 3.68. The molecule has 1 aromatic heterocycles. The quantitative estimate of drug-likeness (QED) is 0.574. The molecule has 1 saturated heterocycles. The van der Waals surface area contributed by atoms with Crippen LogP contribution >= 0.6 is 11.9 Å². The number of aromatic nitrogens is 2. The van der Waals surface area contributed by atoms with Crippen LogP contribution < -0.4 is 14.9 Å². The van der Waals surface area contributed by atoms with Gasteiger partial charge in [-0.2, -0.15) is 5.26 Å². The van der Waals surface area contributed by atoms with Gasteiger partial charge in [-0.15, -0.1) is 0 Å². The van der Waals surface area contributed by atoms with E-state index in [1.54, 1.807) is 6.20 Å². The van der Waals surface area contributed by atoms with Crippen molar-refractivity contribution in [2.45, 2.75) is 0 Å². The van der Waals surface area contributed by atoms with Crippen LogP contribution in [0.5, 0.6) is 0 Å². The largest absolute Gasteiger partial charge is 0.378 e. The molecule has 0 amide bonds. The fraction of sp³-hybridized carbons (Fsp3) is 0.227. The molecule has 2 aromatic carbocycles. The van der Waals surface area contributed by atoms with E-state index in [-0.39, 0.29) is 0 Å². The number of benzene rings is 2. The molecule has 2 heterocycles. The maximum Gasteiger partial charge on any atom is 0.227 e. The maximum absolute atomic E-state index is 9.43. The minimum atomic E-state index is 0.511. The second-order valence-electron chi connectivity index (χ2n) is 6.72. The summed E-state index contributed by atoms with van der Waals surface area (Å²) in [6.45, 7) is 3.35. The summed E-state index contributed by atoms with van der Waals surface area (Å²) in [5, 5.41) is 12.7. The Bertz CT molecular complexity index is 1040. The van der Waals surface area contributed by atoms with Crippen molar-refractivity contribution in [3.8, 4) is 17.3 Å². The number of rotatable bonds is 6. The minimum absolute atomic E-state index is 0.511. The molecule has 0 unspecified atom stereocenters. The topological polar surface area (TPSA) is 86.1 Å². The summed E-state index contributed by atoms with van der Waals surface area (Å²) in [4.78, 5) is 11.3. The molecule has 0 saturated carbocycles. The van der Waals surface area contributed by atoms with Crippen LogP contribution in [0.4, 0.5) is 23.0 Å². The molecule has 4 rings (SSSR count). The summed E-state index contributed by atoms with van der Waals surface area (Å²) < 4.78 is 8.53. The van der Waals surface area contributed by atoms with Crippen molar-refractivity contribution in [3.63, 3.8) is 0 Å². The zero-order chi connectivity index (χ0) is 20.8. The molecule has 0 atom stereocenters. The van der Waals surface area contributed by atoms with Gasteiger partial charge >= 0.3 is 0 Å². The van der Waals surface area contributed by atoms with Crippen LogP contribution in [0.2, 0.25) is 0 Å². The first-order valence-electron chi connectivity index (χ1n) is 9.63. The van der Waals surface area contributed by atoms with Crippen molar-refractivity contribution in [1.29, 1.82) is 5.26 Å². The highest BCUT2D eigenvalue weighted by atomic mass is 32.2. The number of hydrogen-bond donors (Lipinski definition) is 2. The summed E-state index contributed by atoms with van der Waals surface area (Å²) in [7, 11) is 0. The molecule has 7 nitrogen and oxygen atoms in total. The van der Waals surface area contributed by atoms with Gasteiger partial charge < -0.3 is 19.7 Å². The number of ether oxygens (including phenoxy) is 1. The monoisotopic (exact) mass is 418 g/mol. The number of anilines is 4. The maximum atomic E-state index is 9.43. The summed E-state index contributed by atoms with van der Waals surface area (Å²) in [5.41, 5.74) is 5.09. The van der Waals surface area contributed by atoms with Crippen LogP contribution in [0.3, 0.4) is 0 Å². The van der Waals surface area contributed by atoms with Gasteiger partial charge in [0.1, 0.15) is 6.07 Å². The van der Waals surface area contributed by atoms with Crippen molar-refractivity contribution in [1.82, 2.24) is 9.97 Å². The highest BCUT2D eigenvalue weighted by molar-refractivity contribution is 7.99. The Morgan fingerprint density at radius 1 is 1.10 bits per heavy atom. The molecule has 30 heavy (non-hydrogen) atoms. The predicted octanol–water partition coefficient (Wildman–Crippen LogP) is 4.29. The van der Waals surface area contributed by atoms with Gasteiger partial charge in [-0.25, -0.2) is 9.97 Å². The average Bonchev–Trinajstić information content (AvgIpc) is 2.81. The Morgan fingerprint density at radius 2 is 1.90 bits per heavy atom. The fourth-order valence-electron chi connectivity index (χ4n) is 3.28. The smallest absolute Gasteiger partial charge is 0.227 e. The van der Waals surface area contributed by atoms with Gasteiger partial charge in [-0.1, -0.05) is 18.0 Å². The van der Waals surface area contributed by atoms with Gasteiger partial charge in [0.25, 0.3) is 0 Å². The molecule has 0 radical (unpaired) electrons. The molecule has 1 aliphatic rings. The zero-order valence-corrected chi connectivity index (χ0v) is 17.4. The first-order valence-corrected chi connectivity index (χ1v) is 10.9. The van der Waals surface area contributed by atoms with Crippen molar-refractivity contribution in [3.05, 3.63) is 60.3 Å². The summed E-state index contributed by atoms with van der Waals surface area (Å²) in [6.07, 6.45) is 3.64. The minimum Gasteiger partial charge on any atom is -0.378 e. The molecule has 8 heteroatoms. The lowest BCUT2D eigenvalue weighted by atomic mass is 10.1. The van der Waals surface area contributed by atoms with Crippen molar-refractivity contribution < 1.29 is 4.74 Å².